The lowest BCUT2D eigenvalue weighted by Gasteiger charge is -2.15. The lowest BCUT2D eigenvalue weighted by atomic mass is 10.1. The third-order valence-electron chi connectivity index (χ3n) is 3.56. The fourth-order valence-electron chi connectivity index (χ4n) is 2.46. The molecule has 0 radical (unpaired) electrons. The number of hydrogen-bond donors (Lipinski definition) is 5. The molecule has 11 heteroatoms. The number of nitrogen functional groups attached to an aromatic ring is 1. The Morgan fingerprint density at radius 1 is 1.32 bits per heavy atom. The topological polar surface area (TPSA) is 164 Å². The highest BCUT2D eigenvalue weighted by atomic mass is 32.1. The lowest BCUT2D eigenvalue weighted by Crippen LogP contribution is -2.36. The molecule has 0 amide bonds. The average Bonchev–Trinajstić information content (AvgIpc) is 2.92. The number of aliphatic hydroxyl groups excluding tert-OH is 3. The number of anilines is 1. The smallest absolute Gasteiger partial charge is 0.309 e. The second-order valence-corrected chi connectivity index (χ2v) is 5.92. The third-order valence-corrected chi connectivity index (χ3v) is 4.53. The van der Waals surface area contributed by atoms with Gasteiger partial charge in [-0.15, -0.1) is 0 Å². The minimum atomic E-state index is -1.26. The summed E-state index contributed by atoms with van der Waals surface area (Å²) in [7, 11) is 0. The molecule has 1 fully saturated rings. The van der Waals surface area contributed by atoms with Crippen LogP contribution in [0.15, 0.2) is 9.59 Å². The van der Waals surface area contributed by atoms with Crippen molar-refractivity contribution < 1.29 is 20.1 Å². The van der Waals surface area contributed by atoms with Crippen LogP contribution in [0.5, 0.6) is 0 Å². The molecule has 1 aliphatic heterocycles. The number of aliphatic hydroxyl groups is 3. The van der Waals surface area contributed by atoms with Crippen molar-refractivity contribution in [2.45, 2.75) is 31.0 Å². The molecule has 0 aliphatic carbocycles. The number of ether oxygens (including phenoxy) is 1. The van der Waals surface area contributed by atoms with E-state index in [9.17, 15) is 19.8 Å². The molecule has 3 rings (SSSR count). The Morgan fingerprint density at radius 2 is 2.00 bits per heavy atom. The first kappa shape index (κ1) is 15.1. The van der Waals surface area contributed by atoms with Crippen LogP contribution in [-0.4, -0.2) is 60.9 Å². The molecule has 22 heavy (non-hydrogen) atoms. The molecule has 3 heterocycles. The van der Waals surface area contributed by atoms with Crippen LogP contribution in [0.2, 0.25) is 0 Å². The summed E-state index contributed by atoms with van der Waals surface area (Å²) in [6.07, 6.45) is -4.33. The van der Waals surface area contributed by atoms with Gasteiger partial charge in [-0.1, -0.05) is 11.3 Å². The summed E-state index contributed by atoms with van der Waals surface area (Å²) < 4.78 is 6.64. The van der Waals surface area contributed by atoms with Crippen LogP contribution in [0.3, 0.4) is 0 Å². The van der Waals surface area contributed by atoms with E-state index < -0.39 is 41.5 Å². The molecule has 2 aromatic heterocycles. The second kappa shape index (κ2) is 5.44. The molecule has 1 aliphatic rings. The number of H-pyrrole nitrogens is 1. The zero-order valence-electron chi connectivity index (χ0n) is 11.2. The van der Waals surface area contributed by atoms with Gasteiger partial charge in [0.05, 0.1) is 13.2 Å². The predicted octanol–water partition coefficient (Wildman–Crippen LogP) is -2.79. The van der Waals surface area contributed by atoms with Gasteiger partial charge >= 0.3 is 4.87 Å². The van der Waals surface area contributed by atoms with Crippen molar-refractivity contribution in [3.63, 3.8) is 0 Å². The molecule has 6 N–H and O–H groups in total. The molecule has 0 aromatic carbocycles. The van der Waals surface area contributed by atoms with Crippen molar-refractivity contribution in [2.24, 2.45) is 0 Å². The van der Waals surface area contributed by atoms with Gasteiger partial charge in [0.1, 0.15) is 34.8 Å². The first-order chi connectivity index (χ1) is 10.4. The van der Waals surface area contributed by atoms with Gasteiger partial charge in [0, 0.05) is 0 Å². The van der Waals surface area contributed by atoms with Crippen LogP contribution in [0, 0.1) is 0 Å². The first-order valence-corrected chi connectivity index (χ1v) is 7.25. The molecule has 4 atom stereocenters. The van der Waals surface area contributed by atoms with E-state index in [2.05, 4.69) is 9.97 Å². The van der Waals surface area contributed by atoms with Crippen LogP contribution < -0.4 is 16.2 Å². The number of nitrogens with two attached hydrogens (primary N) is 1. The fourth-order valence-corrected chi connectivity index (χ4v) is 3.30. The van der Waals surface area contributed by atoms with Crippen molar-refractivity contribution in [3.8, 4) is 0 Å². The molecule has 0 unspecified atom stereocenters. The number of nitrogens with one attached hydrogen (secondary N) is 1. The van der Waals surface area contributed by atoms with E-state index in [-0.39, 0.29) is 22.8 Å². The van der Waals surface area contributed by atoms with Gasteiger partial charge in [0.2, 0.25) is 5.95 Å². The largest absolute Gasteiger partial charge is 0.394 e. The second-order valence-electron chi connectivity index (χ2n) is 4.96. The molecule has 10 nitrogen and oxygen atoms in total. The highest BCUT2D eigenvalue weighted by molar-refractivity contribution is 7.16. The van der Waals surface area contributed by atoms with Crippen LogP contribution >= 0.6 is 11.3 Å². The minimum Gasteiger partial charge on any atom is -0.394 e. The molecular formula is C11H14N4O6S. The van der Waals surface area contributed by atoms with E-state index in [1.54, 1.807) is 0 Å². The Balaban J connectivity index is 2.00. The molecule has 2 aromatic rings. The van der Waals surface area contributed by atoms with Gasteiger partial charge in [-0.25, -0.2) is 0 Å². The SMILES string of the molecule is Nc1nc(=O)c2sc(=O)n(C[C@@H]3O[C@H](CO)[C@@H](O)[C@H]3O)c2[nH]1. The monoisotopic (exact) mass is 330 g/mol. The highest BCUT2D eigenvalue weighted by Gasteiger charge is 2.42. The third kappa shape index (κ3) is 2.32. The van der Waals surface area contributed by atoms with E-state index in [0.717, 1.165) is 0 Å². The molecule has 120 valence electrons. The summed E-state index contributed by atoms with van der Waals surface area (Å²) in [4.78, 5) is 29.4. The van der Waals surface area contributed by atoms with Gasteiger partial charge < -0.3 is 30.8 Å². The number of hydrogen-bond acceptors (Lipinski definition) is 9. The molecule has 0 spiro atoms. The zero-order valence-corrected chi connectivity index (χ0v) is 12.0. The van der Waals surface area contributed by atoms with E-state index in [1.165, 1.54) is 4.57 Å². The fraction of sp³-hybridized carbons (Fsp3) is 0.545. The Bertz CT molecular complexity index is 813. The van der Waals surface area contributed by atoms with Crippen LogP contribution in [0.4, 0.5) is 5.95 Å². The van der Waals surface area contributed by atoms with Crippen molar-refractivity contribution in [2.75, 3.05) is 12.3 Å². The normalized spacial score (nSPS) is 28.5. The maximum atomic E-state index is 12.0. The molecule has 1 saturated heterocycles. The van der Waals surface area contributed by atoms with Crippen LogP contribution in [-0.2, 0) is 11.3 Å². The standard InChI is InChI=1S/C11H14N4O6S/c12-10-13-8-7(9(19)14-10)22-11(20)15(8)1-3-5(17)6(18)4(2-16)21-3/h3-6,16-18H,1-2H2,(H3,12,13,14,19)/t3-,4+,5-,6+/m0/s1. The summed E-state index contributed by atoms with van der Waals surface area (Å²) in [6.45, 7) is -0.561. The number of fused-ring (bicyclic) bond motifs is 1. The van der Waals surface area contributed by atoms with Gasteiger partial charge in [0.15, 0.2) is 0 Å². The van der Waals surface area contributed by atoms with Crippen molar-refractivity contribution >= 4 is 27.6 Å². The highest BCUT2D eigenvalue weighted by Crippen LogP contribution is 2.23. The molecular weight excluding hydrogens is 316 g/mol. The summed E-state index contributed by atoms with van der Waals surface area (Å²) in [6, 6.07) is 0. The van der Waals surface area contributed by atoms with Gasteiger partial charge in [-0.2, -0.15) is 4.98 Å². The lowest BCUT2D eigenvalue weighted by molar-refractivity contribution is -0.0263. The summed E-state index contributed by atoms with van der Waals surface area (Å²) in [5, 5.41) is 28.7. The number of aromatic amines is 1. The number of rotatable bonds is 3. The Morgan fingerprint density at radius 3 is 2.64 bits per heavy atom. The minimum absolute atomic E-state index is 0.104. The van der Waals surface area contributed by atoms with Crippen LogP contribution in [0.1, 0.15) is 0 Å². The summed E-state index contributed by atoms with van der Waals surface area (Å²) in [5.41, 5.74) is 5.04. The van der Waals surface area contributed by atoms with Crippen molar-refractivity contribution in [1.82, 2.24) is 14.5 Å². The van der Waals surface area contributed by atoms with Gasteiger partial charge in [0.25, 0.3) is 5.56 Å². The molecule has 0 saturated carbocycles. The maximum Gasteiger partial charge on any atom is 0.309 e. The summed E-state index contributed by atoms with van der Waals surface area (Å²) >= 11 is 0.703. The van der Waals surface area contributed by atoms with Crippen molar-refractivity contribution in [1.29, 1.82) is 0 Å². The zero-order chi connectivity index (χ0) is 16.0. The Kier molecular flexibility index (Phi) is 3.74. The van der Waals surface area contributed by atoms with Gasteiger partial charge in [-0.3, -0.25) is 14.2 Å². The number of nitrogens with zero attached hydrogens (tertiary/aromatic N) is 2. The van der Waals surface area contributed by atoms with Crippen molar-refractivity contribution in [3.05, 3.63) is 20.0 Å². The average molecular weight is 330 g/mol. The van der Waals surface area contributed by atoms with Gasteiger partial charge in [-0.05, 0) is 0 Å². The van der Waals surface area contributed by atoms with E-state index in [1.807, 2.05) is 0 Å². The number of aromatic nitrogens is 3. The van der Waals surface area contributed by atoms with E-state index >= 15 is 0 Å². The maximum absolute atomic E-state index is 12.0. The summed E-state index contributed by atoms with van der Waals surface area (Å²) in [5.74, 6) is -0.134. The van der Waals surface area contributed by atoms with Crippen LogP contribution in [0.25, 0.3) is 10.3 Å². The molecule has 0 bridgehead atoms. The van der Waals surface area contributed by atoms with E-state index in [0.29, 0.717) is 11.3 Å². The first-order valence-electron chi connectivity index (χ1n) is 6.44. The predicted molar refractivity (Wildman–Crippen MR) is 76.7 cm³/mol. The van der Waals surface area contributed by atoms with E-state index in [4.69, 9.17) is 15.6 Å². The Labute approximate surface area is 126 Å². The quantitative estimate of drug-likeness (QED) is 0.403. The Hall–Kier alpha value is -1.79. The number of thiazole rings is 1.